The molecule has 0 atom stereocenters. The molecule has 1 aromatic carbocycles. The third kappa shape index (κ3) is 3.84. The highest BCUT2D eigenvalue weighted by Gasteiger charge is 2.27. The lowest BCUT2D eigenvalue weighted by Crippen LogP contribution is -2.40. The van der Waals surface area contributed by atoms with Crippen molar-refractivity contribution in [2.75, 3.05) is 6.54 Å². The Morgan fingerprint density at radius 2 is 1.95 bits per heavy atom. The molecule has 22 heavy (non-hydrogen) atoms. The molecule has 0 unspecified atom stereocenters. The fraction of sp³-hybridized carbons (Fsp3) is 0.182. The zero-order chi connectivity index (χ0) is 17.1. The maximum absolute atomic E-state index is 12.5. The predicted octanol–water partition coefficient (Wildman–Crippen LogP) is 0.00780. The number of rotatable bonds is 4. The molecule has 1 amide bonds. The van der Waals surface area contributed by atoms with E-state index in [1.165, 1.54) is 12.1 Å². The second kappa shape index (κ2) is 6.90. The van der Waals surface area contributed by atoms with Gasteiger partial charge in [-0.1, -0.05) is 11.6 Å². The van der Waals surface area contributed by atoms with Gasteiger partial charge in [0, 0.05) is 12.1 Å². The monoisotopic (exact) mass is 363 g/mol. The molecule has 6 N–H and O–H groups in total. The second-order valence-corrected chi connectivity index (χ2v) is 6.65. The molecule has 0 aliphatic rings. The number of nitrogens with two attached hydrogens (primary N) is 3. The van der Waals surface area contributed by atoms with Crippen LogP contribution in [0.15, 0.2) is 28.1 Å². The highest BCUT2D eigenvalue weighted by molar-refractivity contribution is 7.91. The number of carbonyl (C=O) groups is 1. The first-order valence-corrected chi connectivity index (χ1v) is 8.09. The Morgan fingerprint density at radius 3 is 2.41 bits per heavy atom. The number of guanidine groups is 1. The zero-order valence-corrected chi connectivity index (χ0v) is 13.9. The van der Waals surface area contributed by atoms with Gasteiger partial charge in [0.05, 0.1) is 5.02 Å². The molecule has 0 aliphatic heterocycles. The third-order valence-corrected chi connectivity index (χ3v) is 5.22. The van der Waals surface area contributed by atoms with Crippen LogP contribution in [0.25, 0.3) is 0 Å². The molecule has 0 spiro atoms. The number of sulfonamides is 1. The largest absolute Gasteiger partial charge is 0.375 e. The molecule has 1 aromatic rings. The average molecular weight is 364 g/mol. The van der Waals surface area contributed by atoms with Crippen LogP contribution in [-0.4, -0.2) is 36.2 Å². The van der Waals surface area contributed by atoms with Gasteiger partial charge in [0.25, 0.3) is 15.9 Å². The first-order chi connectivity index (χ1) is 10.1. The smallest absolute Gasteiger partial charge is 0.280 e. The van der Waals surface area contributed by atoms with E-state index in [1.807, 2.05) is 0 Å². The number of thiocarbonyl (C=S) groups is 1. The summed E-state index contributed by atoms with van der Waals surface area (Å²) in [5, 5.41) is -0.421. The number of benzene rings is 1. The van der Waals surface area contributed by atoms with Crippen LogP contribution in [0.3, 0.4) is 0 Å². The van der Waals surface area contributed by atoms with Gasteiger partial charge in [-0.25, -0.2) is 12.7 Å². The summed E-state index contributed by atoms with van der Waals surface area (Å²) in [6.45, 7) is 1.57. The lowest BCUT2D eigenvalue weighted by atomic mass is 10.2. The van der Waals surface area contributed by atoms with E-state index >= 15 is 0 Å². The van der Waals surface area contributed by atoms with Crippen molar-refractivity contribution < 1.29 is 13.2 Å². The maximum Gasteiger partial charge on any atom is 0.280 e. The summed E-state index contributed by atoms with van der Waals surface area (Å²) in [5.41, 5.74) is 15.6. The first kappa shape index (κ1) is 18.1. The topological polar surface area (TPSA) is 145 Å². The number of aliphatic imine (C=N–C) groups is 1. The minimum atomic E-state index is -4.09. The maximum atomic E-state index is 12.5. The number of amides is 1. The van der Waals surface area contributed by atoms with Crippen molar-refractivity contribution in [2.45, 2.75) is 11.8 Å². The molecule has 0 saturated heterocycles. The second-order valence-electron chi connectivity index (χ2n) is 4.00. The first-order valence-electron chi connectivity index (χ1n) is 5.87. The summed E-state index contributed by atoms with van der Waals surface area (Å²) >= 11 is 10.6. The molecule has 0 bridgehead atoms. The fourth-order valence-electron chi connectivity index (χ4n) is 1.58. The van der Waals surface area contributed by atoms with Crippen LogP contribution in [0.4, 0.5) is 0 Å². The van der Waals surface area contributed by atoms with E-state index in [1.54, 1.807) is 6.92 Å². The summed E-state index contributed by atoms with van der Waals surface area (Å²) in [5.74, 6) is -1.24. The van der Waals surface area contributed by atoms with Gasteiger partial charge in [-0.3, -0.25) is 4.79 Å². The van der Waals surface area contributed by atoms with E-state index in [9.17, 15) is 13.2 Å². The van der Waals surface area contributed by atoms with E-state index in [2.05, 4.69) is 4.99 Å². The highest BCUT2D eigenvalue weighted by Crippen LogP contribution is 2.26. The summed E-state index contributed by atoms with van der Waals surface area (Å²) < 4.78 is 25.8. The van der Waals surface area contributed by atoms with Crippen LogP contribution in [0, 0.1) is 0 Å². The Morgan fingerprint density at radius 1 is 1.36 bits per heavy atom. The van der Waals surface area contributed by atoms with Crippen LogP contribution in [0.5, 0.6) is 0 Å². The Balaban J connectivity index is 3.45. The molecule has 0 saturated carbocycles. The van der Waals surface area contributed by atoms with Gasteiger partial charge in [0.1, 0.15) is 4.90 Å². The van der Waals surface area contributed by atoms with Crippen molar-refractivity contribution in [1.82, 2.24) is 4.31 Å². The van der Waals surface area contributed by atoms with Crippen molar-refractivity contribution in [3.63, 3.8) is 0 Å². The molecule has 120 valence electrons. The Bertz CT molecular complexity index is 744. The molecule has 0 radical (unpaired) electrons. The van der Waals surface area contributed by atoms with Crippen molar-refractivity contribution in [1.29, 1.82) is 0 Å². The number of carbonyl (C=O) groups excluding carboxylic acids is 1. The Hall–Kier alpha value is -1.91. The minimum absolute atomic E-state index is 0.0140. The summed E-state index contributed by atoms with van der Waals surface area (Å²) in [6.07, 6.45) is 0. The predicted molar refractivity (Wildman–Crippen MR) is 87.9 cm³/mol. The Labute approximate surface area is 138 Å². The van der Waals surface area contributed by atoms with Crippen molar-refractivity contribution in [2.24, 2.45) is 22.2 Å². The van der Waals surface area contributed by atoms with Gasteiger partial charge in [-0.2, -0.15) is 4.99 Å². The van der Waals surface area contributed by atoms with Crippen molar-refractivity contribution in [3.05, 3.63) is 28.8 Å². The van der Waals surface area contributed by atoms with Crippen LogP contribution in [-0.2, 0) is 10.0 Å². The molecule has 8 nitrogen and oxygen atoms in total. The molecular weight excluding hydrogens is 350 g/mol. The summed E-state index contributed by atoms with van der Waals surface area (Å²) in [6, 6.07) is 3.61. The number of hydrogen-bond acceptors (Lipinski definition) is 4. The molecular formula is C11H14ClN5O3S2. The normalized spacial score (nSPS) is 10.8. The van der Waals surface area contributed by atoms with E-state index in [0.29, 0.717) is 0 Å². The quantitative estimate of drug-likeness (QED) is 0.388. The molecule has 0 aromatic heterocycles. The van der Waals surface area contributed by atoms with Gasteiger partial charge >= 0.3 is 0 Å². The van der Waals surface area contributed by atoms with E-state index in [-0.39, 0.29) is 27.1 Å². The van der Waals surface area contributed by atoms with Gasteiger partial charge in [0.15, 0.2) is 11.1 Å². The van der Waals surface area contributed by atoms with Crippen molar-refractivity contribution >= 4 is 50.8 Å². The molecule has 0 aliphatic carbocycles. The SMILES string of the molecule is CCN(C(N)=S)S(=O)(=O)c1cc(C(=O)N=C(N)N)ccc1Cl. The molecule has 0 heterocycles. The van der Waals surface area contributed by atoms with Crippen LogP contribution in [0.1, 0.15) is 17.3 Å². The minimum Gasteiger partial charge on any atom is -0.375 e. The third-order valence-electron chi connectivity index (χ3n) is 2.51. The van der Waals surface area contributed by atoms with E-state index < -0.39 is 21.9 Å². The van der Waals surface area contributed by atoms with Crippen LogP contribution < -0.4 is 17.2 Å². The fourth-order valence-corrected chi connectivity index (χ4v) is 3.82. The van der Waals surface area contributed by atoms with Crippen LogP contribution in [0.2, 0.25) is 5.02 Å². The van der Waals surface area contributed by atoms with E-state index in [0.717, 1.165) is 10.4 Å². The van der Waals surface area contributed by atoms with Gasteiger partial charge < -0.3 is 17.2 Å². The van der Waals surface area contributed by atoms with Gasteiger partial charge in [-0.05, 0) is 37.3 Å². The number of halogens is 1. The zero-order valence-electron chi connectivity index (χ0n) is 11.5. The summed E-state index contributed by atoms with van der Waals surface area (Å²) in [4.78, 5) is 14.8. The Kier molecular flexibility index (Phi) is 5.69. The van der Waals surface area contributed by atoms with Gasteiger partial charge in [-0.15, -0.1) is 0 Å². The highest BCUT2D eigenvalue weighted by atomic mass is 35.5. The number of hydrogen-bond donors (Lipinski definition) is 3. The molecule has 1 rings (SSSR count). The van der Waals surface area contributed by atoms with Crippen LogP contribution >= 0.6 is 23.8 Å². The van der Waals surface area contributed by atoms with Crippen molar-refractivity contribution in [3.8, 4) is 0 Å². The molecule has 11 heteroatoms. The number of nitrogens with zero attached hydrogens (tertiary/aromatic N) is 2. The lowest BCUT2D eigenvalue weighted by molar-refractivity contribution is 0.100. The lowest BCUT2D eigenvalue weighted by Gasteiger charge is -2.21. The van der Waals surface area contributed by atoms with Gasteiger partial charge in [0.2, 0.25) is 0 Å². The van der Waals surface area contributed by atoms with E-state index in [4.69, 9.17) is 41.0 Å². The molecule has 0 fully saturated rings. The standard InChI is InChI=1S/C11H14ClN5O3S2/c1-2-17(11(15)21)22(19,20)8-5-6(3-4-7(8)12)9(18)16-10(13)14/h3-5H,2H2,1H3,(H2,15,21)(H4,13,14,16,18). The average Bonchev–Trinajstić information content (AvgIpc) is 2.37. The summed E-state index contributed by atoms with van der Waals surface area (Å²) in [7, 11) is -4.09.